The van der Waals surface area contributed by atoms with Crippen molar-refractivity contribution in [1.29, 1.82) is 0 Å². The highest BCUT2D eigenvalue weighted by Crippen LogP contribution is 2.25. The highest BCUT2D eigenvalue weighted by molar-refractivity contribution is 5.83. The van der Waals surface area contributed by atoms with E-state index >= 15 is 0 Å². The SMILES string of the molecule is CCCCCCCC[C@H](Oc1ccc2c(=O)c(-c3ccc(OC)cc3)coc2c1)C(=O)OC. The zero-order valence-corrected chi connectivity index (χ0v) is 19.6. The van der Waals surface area contributed by atoms with Gasteiger partial charge in [-0.3, -0.25) is 4.79 Å². The molecule has 0 radical (unpaired) electrons. The fraction of sp³-hybridized carbons (Fsp3) is 0.407. The first-order chi connectivity index (χ1) is 16.1. The van der Waals surface area contributed by atoms with Gasteiger partial charge >= 0.3 is 5.97 Å². The van der Waals surface area contributed by atoms with Crippen LogP contribution in [0.5, 0.6) is 11.5 Å². The molecular weight excluding hydrogens is 420 g/mol. The van der Waals surface area contributed by atoms with Crippen LogP contribution < -0.4 is 14.9 Å². The topological polar surface area (TPSA) is 75.0 Å². The van der Waals surface area contributed by atoms with E-state index < -0.39 is 12.1 Å². The number of carbonyl (C=O) groups excluding carboxylic acids is 1. The maximum Gasteiger partial charge on any atom is 0.347 e. The average molecular weight is 453 g/mol. The van der Waals surface area contributed by atoms with Crippen molar-refractivity contribution in [1.82, 2.24) is 0 Å². The van der Waals surface area contributed by atoms with Crippen LogP contribution in [0.15, 0.2) is 57.9 Å². The Kier molecular flexibility index (Phi) is 8.93. The van der Waals surface area contributed by atoms with Gasteiger partial charge in [0.15, 0.2) is 11.5 Å². The fourth-order valence-electron chi connectivity index (χ4n) is 3.78. The number of carbonyl (C=O) groups is 1. The minimum Gasteiger partial charge on any atom is -0.497 e. The van der Waals surface area contributed by atoms with Crippen molar-refractivity contribution < 1.29 is 23.4 Å². The molecule has 6 nitrogen and oxygen atoms in total. The first-order valence-corrected chi connectivity index (χ1v) is 11.5. The summed E-state index contributed by atoms with van der Waals surface area (Å²) in [5.41, 5.74) is 1.48. The second-order valence-corrected chi connectivity index (χ2v) is 8.05. The van der Waals surface area contributed by atoms with Crippen LogP contribution in [-0.4, -0.2) is 26.3 Å². The van der Waals surface area contributed by atoms with Crippen molar-refractivity contribution in [3.63, 3.8) is 0 Å². The van der Waals surface area contributed by atoms with Gasteiger partial charge in [-0.25, -0.2) is 4.79 Å². The van der Waals surface area contributed by atoms with E-state index in [2.05, 4.69) is 6.92 Å². The van der Waals surface area contributed by atoms with Gasteiger partial charge in [-0.1, -0.05) is 51.2 Å². The normalized spacial score (nSPS) is 11.8. The summed E-state index contributed by atoms with van der Waals surface area (Å²) >= 11 is 0. The highest BCUT2D eigenvalue weighted by atomic mass is 16.6. The molecule has 0 amide bonds. The minimum absolute atomic E-state index is 0.135. The summed E-state index contributed by atoms with van der Waals surface area (Å²) < 4.78 is 21.8. The Morgan fingerprint density at radius 1 is 0.939 bits per heavy atom. The van der Waals surface area contributed by atoms with Crippen LogP contribution in [0.2, 0.25) is 0 Å². The third kappa shape index (κ3) is 6.37. The Hall–Kier alpha value is -3.28. The average Bonchev–Trinajstić information content (AvgIpc) is 2.85. The highest BCUT2D eigenvalue weighted by Gasteiger charge is 2.21. The number of methoxy groups -OCH3 is 2. The Balaban J connectivity index is 1.74. The molecule has 0 saturated carbocycles. The summed E-state index contributed by atoms with van der Waals surface area (Å²) in [6, 6.07) is 12.2. The Morgan fingerprint density at radius 2 is 1.64 bits per heavy atom. The van der Waals surface area contributed by atoms with E-state index in [1.54, 1.807) is 37.4 Å². The van der Waals surface area contributed by atoms with Gasteiger partial charge in [0.25, 0.3) is 0 Å². The van der Waals surface area contributed by atoms with Crippen molar-refractivity contribution in [2.45, 2.75) is 58.0 Å². The van der Waals surface area contributed by atoms with E-state index in [0.717, 1.165) is 24.8 Å². The molecule has 6 heteroatoms. The molecule has 176 valence electrons. The molecule has 1 aromatic heterocycles. The van der Waals surface area contributed by atoms with Crippen LogP contribution >= 0.6 is 0 Å². The van der Waals surface area contributed by atoms with Crippen LogP contribution in [0.4, 0.5) is 0 Å². The molecule has 0 saturated heterocycles. The molecule has 33 heavy (non-hydrogen) atoms. The van der Waals surface area contributed by atoms with Gasteiger partial charge in [0.1, 0.15) is 23.3 Å². The number of hydrogen-bond acceptors (Lipinski definition) is 6. The van der Waals surface area contributed by atoms with E-state index in [9.17, 15) is 9.59 Å². The molecule has 0 fully saturated rings. The third-order valence-electron chi connectivity index (χ3n) is 5.71. The van der Waals surface area contributed by atoms with Gasteiger partial charge in [0.05, 0.1) is 25.2 Å². The standard InChI is InChI=1S/C27H32O6/c1-4-5-6-7-8-9-10-24(27(29)31-3)33-21-15-16-22-25(17-21)32-18-23(26(22)28)19-11-13-20(30-2)14-12-19/h11-18,24H,4-10H2,1-3H3/t24-/m0/s1. The lowest BCUT2D eigenvalue weighted by Crippen LogP contribution is -2.28. The van der Waals surface area contributed by atoms with Gasteiger partial charge in [-0.2, -0.15) is 0 Å². The molecule has 0 spiro atoms. The number of hydrogen-bond donors (Lipinski definition) is 0. The van der Waals surface area contributed by atoms with E-state index in [0.29, 0.717) is 34.5 Å². The summed E-state index contributed by atoms with van der Waals surface area (Å²) in [5, 5.41) is 0.446. The van der Waals surface area contributed by atoms with Crippen molar-refractivity contribution in [2.75, 3.05) is 14.2 Å². The van der Waals surface area contributed by atoms with Gasteiger partial charge in [0, 0.05) is 6.07 Å². The molecule has 0 bridgehead atoms. The second-order valence-electron chi connectivity index (χ2n) is 8.05. The van der Waals surface area contributed by atoms with Crippen LogP contribution in [0.1, 0.15) is 51.9 Å². The number of ether oxygens (including phenoxy) is 3. The predicted octanol–water partition coefficient (Wildman–Crippen LogP) is 6.14. The van der Waals surface area contributed by atoms with Crippen molar-refractivity contribution in [3.8, 4) is 22.6 Å². The quantitative estimate of drug-likeness (QED) is 0.243. The molecule has 1 heterocycles. The van der Waals surface area contributed by atoms with E-state index in [4.69, 9.17) is 18.6 Å². The lowest BCUT2D eigenvalue weighted by Gasteiger charge is -2.17. The number of benzene rings is 2. The van der Waals surface area contributed by atoms with E-state index in [1.165, 1.54) is 32.6 Å². The molecule has 2 aromatic carbocycles. The molecule has 0 aliphatic carbocycles. The van der Waals surface area contributed by atoms with Gasteiger partial charge in [-0.15, -0.1) is 0 Å². The molecule has 0 unspecified atom stereocenters. The fourth-order valence-corrected chi connectivity index (χ4v) is 3.78. The van der Waals surface area contributed by atoms with Gasteiger partial charge in [0.2, 0.25) is 0 Å². The van der Waals surface area contributed by atoms with Crippen LogP contribution in [0, 0.1) is 0 Å². The lowest BCUT2D eigenvalue weighted by atomic mass is 10.1. The van der Waals surface area contributed by atoms with E-state index in [1.807, 2.05) is 12.1 Å². The Labute approximate surface area is 194 Å². The molecule has 1 atom stereocenters. The summed E-state index contributed by atoms with van der Waals surface area (Å²) in [6.45, 7) is 2.19. The van der Waals surface area contributed by atoms with Crippen LogP contribution in [-0.2, 0) is 9.53 Å². The van der Waals surface area contributed by atoms with Crippen molar-refractivity contribution in [3.05, 3.63) is 59.0 Å². The number of unbranched alkanes of at least 4 members (excludes halogenated alkanes) is 5. The van der Waals surface area contributed by atoms with Crippen LogP contribution in [0.3, 0.4) is 0 Å². The van der Waals surface area contributed by atoms with Gasteiger partial charge in [-0.05, 0) is 42.7 Å². The summed E-state index contributed by atoms with van der Waals surface area (Å²) in [4.78, 5) is 25.2. The first-order valence-electron chi connectivity index (χ1n) is 11.5. The molecular formula is C27H32O6. The largest absolute Gasteiger partial charge is 0.497 e. The second kappa shape index (κ2) is 12.1. The predicted molar refractivity (Wildman–Crippen MR) is 129 cm³/mol. The maximum atomic E-state index is 13.0. The molecule has 0 aliphatic heterocycles. The summed E-state index contributed by atoms with van der Waals surface area (Å²) in [6.07, 6.45) is 8.08. The first kappa shape index (κ1) is 24.4. The Morgan fingerprint density at radius 3 is 2.33 bits per heavy atom. The van der Waals surface area contributed by atoms with Crippen LogP contribution in [0.25, 0.3) is 22.1 Å². The minimum atomic E-state index is -0.691. The maximum absolute atomic E-state index is 13.0. The molecule has 0 aliphatic rings. The molecule has 3 aromatic rings. The zero-order chi connectivity index (χ0) is 23.6. The van der Waals surface area contributed by atoms with Crippen molar-refractivity contribution in [2.24, 2.45) is 0 Å². The molecule has 3 rings (SSSR count). The number of fused-ring (bicyclic) bond motifs is 1. The Bertz CT molecular complexity index is 1100. The zero-order valence-electron chi connectivity index (χ0n) is 19.6. The number of rotatable bonds is 12. The monoisotopic (exact) mass is 452 g/mol. The van der Waals surface area contributed by atoms with Gasteiger partial charge < -0.3 is 18.6 Å². The molecule has 0 N–H and O–H groups in total. The number of esters is 1. The van der Waals surface area contributed by atoms with E-state index in [-0.39, 0.29) is 5.43 Å². The summed E-state index contributed by atoms with van der Waals surface area (Å²) in [5.74, 6) is 0.774. The van der Waals surface area contributed by atoms with Crippen molar-refractivity contribution >= 4 is 16.9 Å². The lowest BCUT2D eigenvalue weighted by molar-refractivity contribution is -0.149. The summed E-state index contributed by atoms with van der Waals surface area (Å²) in [7, 11) is 2.96. The third-order valence-corrected chi connectivity index (χ3v) is 5.71. The smallest absolute Gasteiger partial charge is 0.347 e.